The molecule has 1 heterocycles. The monoisotopic (exact) mass is 479 g/mol. The van der Waals surface area contributed by atoms with Gasteiger partial charge in [-0.05, 0) is 51.8 Å². The molecule has 0 spiro atoms. The summed E-state index contributed by atoms with van der Waals surface area (Å²) in [6, 6.07) is 17.0. The summed E-state index contributed by atoms with van der Waals surface area (Å²) in [4.78, 5) is 26.1. The number of benzene rings is 2. The summed E-state index contributed by atoms with van der Waals surface area (Å²) in [6.45, 7) is 0.231. The van der Waals surface area contributed by atoms with Gasteiger partial charge in [-0.25, -0.2) is 10.4 Å². The first kappa shape index (κ1) is 21.6. The van der Waals surface area contributed by atoms with Crippen molar-refractivity contribution in [3.8, 4) is 11.8 Å². The molecular formula is C21H14BrN5O4. The number of nitro groups is 1. The lowest BCUT2D eigenvalue weighted by Crippen LogP contribution is -2.20. The summed E-state index contributed by atoms with van der Waals surface area (Å²) in [5, 5.41) is 24.0. The summed E-state index contributed by atoms with van der Waals surface area (Å²) in [5.74, 6) is -0.225. The maximum absolute atomic E-state index is 12.1. The first-order valence-corrected chi connectivity index (χ1v) is 9.62. The van der Waals surface area contributed by atoms with Gasteiger partial charge in [-0.1, -0.05) is 18.2 Å². The smallest absolute Gasteiger partial charge is 0.300 e. The number of aromatic nitrogens is 1. The molecule has 0 fully saturated rings. The predicted octanol–water partition coefficient (Wildman–Crippen LogP) is 3.97. The molecule has 0 bridgehead atoms. The second-order valence-corrected chi connectivity index (χ2v) is 6.93. The van der Waals surface area contributed by atoms with Crippen LogP contribution in [0, 0.1) is 21.4 Å². The Morgan fingerprint density at radius 1 is 1.29 bits per heavy atom. The third kappa shape index (κ3) is 5.49. The lowest BCUT2D eigenvalue weighted by atomic mass is 10.1. The standard InChI is InChI=1S/C21H14BrN5O4/c22-17-10-14(7-8-19(17)31-13-16-5-2-1-4-15(16)11-23)12-25-26-21(28)20-18(27(29)30)6-3-9-24-20/h1-10,12H,13H2,(H,26,28)/b25-12+. The maximum atomic E-state index is 12.1. The molecular weight excluding hydrogens is 466 g/mol. The molecule has 3 aromatic rings. The number of carbonyl (C=O) groups excluding carboxylic acids is 1. The number of nitrogens with one attached hydrogen (secondary N) is 1. The van der Waals surface area contributed by atoms with Gasteiger partial charge < -0.3 is 4.74 Å². The van der Waals surface area contributed by atoms with E-state index in [1.54, 1.807) is 30.3 Å². The largest absolute Gasteiger partial charge is 0.488 e. The molecule has 0 saturated heterocycles. The van der Waals surface area contributed by atoms with E-state index in [0.29, 0.717) is 21.3 Å². The number of hydrazone groups is 1. The molecule has 0 aliphatic carbocycles. The Bertz CT molecular complexity index is 1210. The molecule has 31 heavy (non-hydrogen) atoms. The molecule has 0 unspecified atom stereocenters. The Kier molecular flexibility index (Phi) is 7.03. The number of amides is 1. The second kappa shape index (κ2) is 10.1. The molecule has 0 aliphatic heterocycles. The van der Waals surface area contributed by atoms with Gasteiger partial charge in [0.1, 0.15) is 12.4 Å². The summed E-state index contributed by atoms with van der Waals surface area (Å²) in [6.07, 6.45) is 2.67. The van der Waals surface area contributed by atoms with Gasteiger partial charge in [0, 0.05) is 17.8 Å². The Morgan fingerprint density at radius 2 is 2.10 bits per heavy atom. The maximum Gasteiger partial charge on any atom is 0.300 e. The predicted molar refractivity (Wildman–Crippen MR) is 116 cm³/mol. The van der Waals surface area contributed by atoms with E-state index in [4.69, 9.17) is 10.00 Å². The highest BCUT2D eigenvalue weighted by Crippen LogP contribution is 2.26. The molecule has 1 aromatic heterocycles. The Hall–Kier alpha value is -4.10. The van der Waals surface area contributed by atoms with Crippen LogP contribution >= 0.6 is 15.9 Å². The van der Waals surface area contributed by atoms with Crippen LogP contribution in [0.15, 0.2) is 70.4 Å². The van der Waals surface area contributed by atoms with Gasteiger partial charge in [0.25, 0.3) is 5.91 Å². The SMILES string of the molecule is N#Cc1ccccc1COc1ccc(/C=N/NC(=O)c2ncccc2[N+](=O)[O-])cc1Br. The normalized spacial score (nSPS) is 10.5. The molecule has 0 aliphatic rings. The van der Waals surface area contributed by atoms with Gasteiger partial charge in [0.15, 0.2) is 0 Å². The topological polar surface area (TPSA) is 131 Å². The van der Waals surface area contributed by atoms with E-state index in [2.05, 4.69) is 37.5 Å². The number of ether oxygens (including phenoxy) is 1. The van der Waals surface area contributed by atoms with Gasteiger partial charge in [0.05, 0.1) is 27.2 Å². The summed E-state index contributed by atoms with van der Waals surface area (Å²) < 4.78 is 6.42. The van der Waals surface area contributed by atoms with Gasteiger partial charge in [-0.3, -0.25) is 14.9 Å². The van der Waals surface area contributed by atoms with E-state index in [0.717, 1.165) is 5.56 Å². The van der Waals surface area contributed by atoms with E-state index < -0.39 is 16.5 Å². The number of pyridine rings is 1. The van der Waals surface area contributed by atoms with Crippen molar-refractivity contribution in [2.75, 3.05) is 0 Å². The fourth-order valence-electron chi connectivity index (χ4n) is 2.56. The van der Waals surface area contributed by atoms with Crippen molar-refractivity contribution < 1.29 is 14.5 Å². The van der Waals surface area contributed by atoms with Crippen molar-refractivity contribution in [1.29, 1.82) is 5.26 Å². The van der Waals surface area contributed by atoms with Crippen LogP contribution < -0.4 is 10.2 Å². The van der Waals surface area contributed by atoms with E-state index in [1.807, 2.05) is 12.1 Å². The van der Waals surface area contributed by atoms with Crippen molar-refractivity contribution in [2.45, 2.75) is 6.61 Å². The van der Waals surface area contributed by atoms with Crippen LogP contribution in [0.1, 0.15) is 27.2 Å². The molecule has 10 heteroatoms. The number of nitrogens with zero attached hydrogens (tertiary/aromatic N) is 4. The molecule has 0 atom stereocenters. The van der Waals surface area contributed by atoms with Crippen molar-refractivity contribution in [2.24, 2.45) is 5.10 Å². The number of hydrogen-bond donors (Lipinski definition) is 1. The molecule has 1 amide bonds. The molecule has 154 valence electrons. The van der Waals surface area contributed by atoms with Crippen molar-refractivity contribution in [1.82, 2.24) is 10.4 Å². The first-order chi connectivity index (χ1) is 15.0. The lowest BCUT2D eigenvalue weighted by Gasteiger charge is -2.10. The third-order valence-electron chi connectivity index (χ3n) is 4.05. The summed E-state index contributed by atoms with van der Waals surface area (Å²) in [7, 11) is 0. The highest BCUT2D eigenvalue weighted by molar-refractivity contribution is 9.10. The zero-order valence-electron chi connectivity index (χ0n) is 15.9. The van der Waals surface area contributed by atoms with Crippen LogP contribution in [-0.4, -0.2) is 22.0 Å². The molecule has 9 nitrogen and oxygen atoms in total. The van der Waals surface area contributed by atoms with Gasteiger partial charge in [-0.15, -0.1) is 0 Å². The number of carbonyl (C=O) groups is 1. The van der Waals surface area contributed by atoms with E-state index in [1.165, 1.54) is 24.5 Å². The molecule has 0 radical (unpaired) electrons. The quantitative estimate of drug-likeness (QED) is 0.309. The van der Waals surface area contributed by atoms with Crippen LogP contribution in [0.5, 0.6) is 5.75 Å². The van der Waals surface area contributed by atoms with Crippen LogP contribution in [0.4, 0.5) is 5.69 Å². The molecule has 3 rings (SSSR count). The average Bonchev–Trinajstić information content (AvgIpc) is 2.78. The van der Waals surface area contributed by atoms with Crippen LogP contribution in [0.25, 0.3) is 0 Å². The van der Waals surface area contributed by atoms with Crippen molar-refractivity contribution in [3.05, 3.63) is 97.8 Å². The molecule has 1 N–H and O–H groups in total. The second-order valence-electron chi connectivity index (χ2n) is 6.07. The Morgan fingerprint density at radius 3 is 2.84 bits per heavy atom. The number of rotatable bonds is 7. The number of nitriles is 1. The Labute approximate surface area is 185 Å². The highest BCUT2D eigenvalue weighted by Gasteiger charge is 2.20. The summed E-state index contributed by atoms with van der Waals surface area (Å²) in [5.41, 5.74) is 3.46. The lowest BCUT2D eigenvalue weighted by molar-refractivity contribution is -0.385. The fourth-order valence-corrected chi connectivity index (χ4v) is 3.07. The van der Waals surface area contributed by atoms with Crippen LogP contribution in [-0.2, 0) is 6.61 Å². The van der Waals surface area contributed by atoms with E-state index in [-0.39, 0.29) is 12.3 Å². The number of hydrogen-bond acceptors (Lipinski definition) is 7. The van der Waals surface area contributed by atoms with Gasteiger partial charge in [0.2, 0.25) is 5.69 Å². The van der Waals surface area contributed by atoms with Crippen LogP contribution in [0.3, 0.4) is 0 Å². The van der Waals surface area contributed by atoms with Crippen molar-refractivity contribution in [3.63, 3.8) is 0 Å². The molecule has 2 aromatic carbocycles. The minimum Gasteiger partial charge on any atom is -0.488 e. The third-order valence-corrected chi connectivity index (χ3v) is 4.67. The zero-order valence-corrected chi connectivity index (χ0v) is 17.4. The fraction of sp³-hybridized carbons (Fsp3) is 0.0476. The molecule has 0 saturated carbocycles. The van der Waals surface area contributed by atoms with Gasteiger partial charge in [-0.2, -0.15) is 10.4 Å². The number of halogens is 1. The van der Waals surface area contributed by atoms with Crippen LogP contribution in [0.2, 0.25) is 0 Å². The zero-order chi connectivity index (χ0) is 22.2. The minimum atomic E-state index is -0.793. The van der Waals surface area contributed by atoms with Crippen molar-refractivity contribution >= 4 is 33.7 Å². The first-order valence-electron chi connectivity index (χ1n) is 8.82. The summed E-state index contributed by atoms with van der Waals surface area (Å²) >= 11 is 3.42. The average molecular weight is 480 g/mol. The van der Waals surface area contributed by atoms with E-state index >= 15 is 0 Å². The van der Waals surface area contributed by atoms with Gasteiger partial charge >= 0.3 is 5.69 Å². The highest BCUT2D eigenvalue weighted by atomic mass is 79.9. The van der Waals surface area contributed by atoms with E-state index in [9.17, 15) is 14.9 Å². The Balaban J connectivity index is 1.64. The minimum absolute atomic E-state index is 0.231.